The molecule has 1 heterocycles. The number of nitrogens with two attached hydrogens (primary N) is 1. The van der Waals surface area contributed by atoms with Crippen LogP contribution in [0, 0.1) is 11.3 Å². The Morgan fingerprint density at radius 2 is 2.05 bits per heavy atom. The number of nitrogens with zero attached hydrogens (tertiary/aromatic N) is 1. The quantitative estimate of drug-likeness (QED) is 0.816. The molecule has 0 saturated carbocycles. The first-order valence-electron chi connectivity index (χ1n) is 6.54. The molecule has 1 aliphatic heterocycles. The van der Waals surface area contributed by atoms with Crippen LogP contribution in [0.25, 0.3) is 0 Å². The van der Waals surface area contributed by atoms with Crippen molar-refractivity contribution in [2.75, 3.05) is 12.3 Å². The van der Waals surface area contributed by atoms with E-state index in [9.17, 15) is 14.7 Å². The molecule has 0 spiro atoms. The lowest BCUT2D eigenvalue weighted by Gasteiger charge is -2.31. The molecule has 0 bridgehead atoms. The minimum absolute atomic E-state index is 0.00543. The zero-order chi connectivity index (χ0) is 14.8. The normalized spacial score (nSPS) is 25.4. The molecule has 1 aliphatic rings. The Morgan fingerprint density at radius 1 is 1.47 bits per heavy atom. The van der Waals surface area contributed by atoms with Gasteiger partial charge in [-0.2, -0.15) is 0 Å². The van der Waals surface area contributed by atoms with Gasteiger partial charge in [0.1, 0.15) is 6.04 Å². The van der Waals surface area contributed by atoms with Crippen molar-refractivity contribution in [2.24, 2.45) is 17.1 Å². The number of aliphatic carboxylic acids is 1. The Hall–Kier alpha value is -0.750. The molecule has 0 aromatic heterocycles. The van der Waals surface area contributed by atoms with Gasteiger partial charge in [-0.25, -0.2) is 4.79 Å². The predicted molar refractivity (Wildman–Crippen MR) is 76.8 cm³/mol. The number of carbonyl (C=O) groups excluding carboxylic acids is 1. The van der Waals surface area contributed by atoms with Gasteiger partial charge in [0.05, 0.1) is 11.3 Å². The standard InChI is InChI=1S/C13H24N2O3S/c1-8-15(10(7-19-8)12(17)18)11(16)9(6-14)5-13(2,3)4/h8-10H,5-7,14H2,1-4H3,(H,17,18). The maximum Gasteiger partial charge on any atom is 0.327 e. The third-order valence-corrected chi connectivity index (χ3v) is 4.47. The van der Waals surface area contributed by atoms with E-state index in [1.807, 2.05) is 6.92 Å². The second kappa shape index (κ2) is 6.13. The second-order valence-electron chi connectivity index (χ2n) is 6.23. The van der Waals surface area contributed by atoms with Crippen LogP contribution in [-0.4, -0.2) is 45.6 Å². The van der Waals surface area contributed by atoms with Crippen molar-refractivity contribution in [1.29, 1.82) is 0 Å². The molecule has 0 aliphatic carbocycles. The van der Waals surface area contributed by atoms with Gasteiger partial charge in [-0.3, -0.25) is 4.79 Å². The van der Waals surface area contributed by atoms with Gasteiger partial charge < -0.3 is 15.7 Å². The first kappa shape index (κ1) is 16.3. The zero-order valence-corrected chi connectivity index (χ0v) is 12.9. The number of amides is 1. The molecule has 1 saturated heterocycles. The average Bonchev–Trinajstić information content (AvgIpc) is 2.66. The molecular formula is C13H24N2O3S. The third kappa shape index (κ3) is 4.11. The minimum atomic E-state index is -0.934. The fourth-order valence-electron chi connectivity index (χ4n) is 2.39. The number of hydrogen-bond donors (Lipinski definition) is 2. The van der Waals surface area contributed by atoms with Crippen molar-refractivity contribution in [3.8, 4) is 0 Å². The van der Waals surface area contributed by atoms with Crippen LogP contribution < -0.4 is 5.73 Å². The third-order valence-electron chi connectivity index (χ3n) is 3.25. The first-order valence-corrected chi connectivity index (χ1v) is 7.59. The molecule has 6 heteroatoms. The van der Waals surface area contributed by atoms with E-state index in [-0.39, 0.29) is 29.2 Å². The molecular weight excluding hydrogens is 264 g/mol. The number of carboxylic acids is 1. The van der Waals surface area contributed by atoms with E-state index in [1.54, 1.807) is 0 Å². The summed E-state index contributed by atoms with van der Waals surface area (Å²) < 4.78 is 0. The SMILES string of the molecule is CC1SCC(C(=O)O)N1C(=O)C(CN)CC(C)(C)C. The molecule has 5 nitrogen and oxygen atoms in total. The Bertz CT molecular complexity index is 354. The van der Waals surface area contributed by atoms with E-state index in [1.165, 1.54) is 16.7 Å². The van der Waals surface area contributed by atoms with E-state index in [0.717, 1.165) is 0 Å². The van der Waals surface area contributed by atoms with Gasteiger partial charge in [0.15, 0.2) is 0 Å². The summed E-state index contributed by atoms with van der Waals surface area (Å²) in [5.41, 5.74) is 5.71. The predicted octanol–water partition coefficient (Wildman–Crippen LogP) is 1.37. The minimum Gasteiger partial charge on any atom is -0.480 e. The van der Waals surface area contributed by atoms with Crippen molar-refractivity contribution < 1.29 is 14.7 Å². The summed E-state index contributed by atoms with van der Waals surface area (Å²) >= 11 is 1.50. The van der Waals surface area contributed by atoms with Crippen LogP contribution in [0.2, 0.25) is 0 Å². The topological polar surface area (TPSA) is 83.6 Å². The van der Waals surface area contributed by atoms with Crippen molar-refractivity contribution in [3.05, 3.63) is 0 Å². The fraction of sp³-hybridized carbons (Fsp3) is 0.846. The fourth-order valence-corrected chi connectivity index (χ4v) is 3.56. The van der Waals surface area contributed by atoms with Crippen molar-refractivity contribution in [2.45, 2.75) is 45.5 Å². The maximum absolute atomic E-state index is 12.5. The van der Waals surface area contributed by atoms with Crippen LogP contribution in [0.4, 0.5) is 0 Å². The summed E-state index contributed by atoms with van der Waals surface area (Å²) in [5, 5.41) is 9.10. The monoisotopic (exact) mass is 288 g/mol. The van der Waals surface area contributed by atoms with E-state index in [4.69, 9.17) is 5.73 Å². The van der Waals surface area contributed by atoms with Gasteiger partial charge in [0, 0.05) is 12.3 Å². The molecule has 1 rings (SSSR count). The maximum atomic E-state index is 12.5. The molecule has 0 aromatic rings. The summed E-state index contributed by atoms with van der Waals surface area (Å²) in [6.45, 7) is 8.30. The molecule has 1 fully saturated rings. The molecule has 3 N–H and O–H groups in total. The van der Waals surface area contributed by atoms with Crippen LogP contribution in [0.1, 0.15) is 34.1 Å². The highest BCUT2D eigenvalue weighted by Crippen LogP contribution is 2.32. The smallest absolute Gasteiger partial charge is 0.327 e. The van der Waals surface area contributed by atoms with Crippen molar-refractivity contribution in [3.63, 3.8) is 0 Å². The van der Waals surface area contributed by atoms with E-state index in [0.29, 0.717) is 12.2 Å². The van der Waals surface area contributed by atoms with Crippen LogP contribution in [-0.2, 0) is 9.59 Å². The van der Waals surface area contributed by atoms with Crippen molar-refractivity contribution >= 4 is 23.6 Å². The van der Waals surface area contributed by atoms with Gasteiger partial charge in [0.2, 0.25) is 5.91 Å². The van der Waals surface area contributed by atoms with Crippen LogP contribution in [0.5, 0.6) is 0 Å². The van der Waals surface area contributed by atoms with E-state index >= 15 is 0 Å². The molecule has 110 valence electrons. The summed E-state index contributed by atoms with van der Waals surface area (Å²) in [5.74, 6) is -0.906. The molecule has 1 amide bonds. The lowest BCUT2D eigenvalue weighted by Crippen LogP contribution is -2.49. The molecule has 19 heavy (non-hydrogen) atoms. The number of rotatable bonds is 4. The largest absolute Gasteiger partial charge is 0.480 e. The van der Waals surface area contributed by atoms with Crippen LogP contribution in [0.3, 0.4) is 0 Å². The van der Waals surface area contributed by atoms with Crippen LogP contribution >= 0.6 is 11.8 Å². The molecule has 0 radical (unpaired) electrons. The highest BCUT2D eigenvalue weighted by Gasteiger charge is 2.42. The summed E-state index contributed by atoms with van der Waals surface area (Å²) in [6, 6.07) is -0.721. The average molecular weight is 288 g/mol. The van der Waals surface area contributed by atoms with Crippen molar-refractivity contribution in [1.82, 2.24) is 4.90 Å². The highest BCUT2D eigenvalue weighted by atomic mass is 32.2. The number of carboxylic acid groups (broad SMARTS) is 1. The number of hydrogen-bond acceptors (Lipinski definition) is 4. The summed E-state index contributed by atoms with van der Waals surface area (Å²) in [7, 11) is 0. The van der Waals surface area contributed by atoms with E-state index in [2.05, 4.69) is 20.8 Å². The van der Waals surface area contributed by atoms with Gasteiger partial charge in [-0.05, 0) is 18.8 Å². The lowest BCUT2D eigenvalue weighted by atomic mass is 9.84. The Kier molecular flexibility index (Phi) is 5.26. The zero-order valence-electron chi connectivity index (χ0n) is 12.0. The molecule has 3 unspecified atom stereocenters. The van der Waals surface area contributed by atoms with E-state index < -0.39 is 12.0 Å². The first-order chi connectivity index (χ1) is 8.67. The Morgan fingerprint density at radius 3 is 2.47 bits per heavy atom. The number of thioether (sulfide) groups is 1. The lowest BCUT2D eigenvalue weighted by molar-refractivity contribution is -0.151. The summed E-state index contributed by atoms with van der Waals surface area (Å²) in [6.07, 6.45) is 0.669. The van der Waals surface area contributed by atoms with Gasteiger partial charge in [-0.15, -0.1) is 11.8 Å². The van der Waals surface area contributed by atoms with Crippen LogP contribution in [0.15, 0.2) is 0 Å². The summed E-state index contributed by atoms with van der Waals surface area (Å²) in [4.78, 5) is 25.3. The van der Waals surface area contributed by atoms with Gasteiger partial charge >= 0.3 is 5.97 Å². The van der Waals surface area contributed by atoms with Gasteiger partial charge in [0.25, 0.3) is 0 Å². The van der Waals surface area contributed by atoms with Gasteiger partial charge in [-0.1, -0.05) is 20.8 Å². The molecule has 3 atom stereocenters. The Labute approximate surface area is 118 Å². The second-order valence-corrected chi connectivity index (χ2v) is 7.58. The Balaban J connectivity index is 2.86. The molecule has 0 aromatic carbocycles. The highest BCUT2D eigenvalue weighted by molar-refractivity contribution is 8.00. The number of carbonyl (C=O) groups is 2.